The molecule has 0 aliphatic heterocycles. The Morgan fingerprint density at radius 1 is 1.28 bits per heavy atom. The quantitative estimate of drug-likeness (QED) is 0.258. The fourth-order valence-electron chi connectivity index (χ4n) is 4.30. The van der Waals surface area contributed by atoms with E-state index in [2.05, 4.69) is 13.5 Å². The highest BCUT2D eigenvalue weighted by atomic mass is 16.6. The van der Waals surface area contributed by atoms with Crippen molar-refractivity contribution < 1.29 is 18.9 Å². The molecule has 0 radical (unpaired) electrons. The van der Waals surface area contributed by atoms with E-state index in [0.717, 1.165) is 53.5 Å². The van der Waals surface area contributed by atoms with Crippen LogP contribution in [0, 0.1) is 5.92 Å². The molecule has 2 rings (SSSR count). The van der Waals surface area contributed by atoms with Gasteiger partial charge in [-0.2, -0.15) is 0 Å². The van der Waals surface area contributed by atoms with Crippen LogP contribution >= 0.6 is 0 Å². The summed E-state index contributed by atoms with van der Waals surface area (Å²) >= 11 is 0. The van der Waals surface area contributed by atoms with Crippen molar-refractivity contribution in [3.8, 4) is 0 Å². The molecule has 0 saturated heterocycles. The van der Waals surface area contributed by atoms with E-state index in [4.69, 9.17) is 20.8 Å². The molecule has 4 N–H and O–H groups in total. The average Bonchev–Trinajstić information content (AvgIpc) is 3.12. The molecule has 6 nitrogen and oxygen atoms in total. The average molecular weight is 440 g/mol. The summed E-state index contributed by atoms with van der Waals surface area (Å²) in [5.74, 6) is -1.40. The third-order valence-corrected chi connectivity index (χ3v) is 7.08. The molecule has 0 aromatic heterocycles. The van der Waals surface area contributed by atoms with Crippen LogP contribution in [0.1, 0.15) is 67.2 Å². The molecule has 2 bridgehead atoms. The summed E-state index contributed by atoms with van der Waals surface area (Å²) in [5.41, 5.74) is 17.8. The Bertz CT molecular complexity index is 922. The molecule has 3 atom stereocenters. The third-order valence-electron chi connectivity index (χ3n) is 7.08. The molecule has 2 aliphatic rings. The number of fused-ring (bicyclic) bond motifs is 2. The lowest BCUT2D eigenvalue weighted by atomic mass is 9.83. The molecule has 174 valence electrons. The maximum atomic E-state index is 12.9. The van der Waals surface area contributed by atoms with Gasteiger partial charge in [-0.1, -0.05) is 53.5 Å². The Morgan fingerprint density at radius 2 is 1.91 bits per heavy atom. The van der Waals surface area contributed by atoms with E-state index >= 15 is 0 Å². The molecule has 0 amide bonds. The van der Waals surface area contributed by atoms with Crippen molar-refractivity contribution in [1.29, 1.82) is 0 Å². The van der Waals surface area contributed by atoms with Crippen LogP contribution in [-0.4, -0.2) is 30.7 Å². The van der Waals surface area contributed by atoms with Crippen LogP contribution in [-0.2, 0) is 18.9 Å². The first kappa shape index (κ1) is 25.9. The molecule has 0 aromatic rings. The van der Waals surface area contributed by atoms with Gasteiger partial charge in [-0.25, -0.2) is 4.79 Å². The number of carbonyl (C=O) groups is 2. The third kappa shape index (κ3) is 5.51. The van der Waals surface area contributed by atoms with Gasteiger partial charge in [0.1, 0.15) is 0 Å². The molecule has 3 unspecified atom stereocenters. The number of hydrogen-bond donors (Lipinski definition) is 2. The fourth-order valence-corrected chi connectivity index (χ4v) is 4.30. The van der Waals surface area contributed by atoms with Crippen LogP contribution in [0.25, 0.3) is 0 Å². The summed E-state index contributed by atoms with van der Waals surface area (Å²) in [6.45, 7) is 15.6. The SMILES string of the molecule is C=C(C)C(C)(N)/C(C)=C/C=C/C(=O)OBOC(=O)C1C2=C(CC)CC(C)(N)C(C)=C1CC2. The molecule has 2 aliphatic carbocycles. The van der Waals surface area contributed by atoms with Gasteiger partial charge in [0.25, 0.3) is 0 Å². The summed E-state index contributed by atoms with van der Waals surface area (Å²) in [7, 11) is -0.428. The molecule has 0 heterocycles. The van der Waals surface area contributed by atoms with Crippen molar-refractivity contribution in [2.45, 2.75) is 78.3 Å². The van der Waals surface area contributed by atoms with Crippen LogP contribution in [0.4, 0.5) is 0 Å². The Morgan fingerprint density at radius 3 is 2.50 bits per heavy atom. The van der Waals surface area contributed by atoms with Crippen LogP contribution in [0.5, 0.6) is 0 Å². The van der Waals surface area contributed by atoms with E-state index in [1.54, 1.807) is 12.2 Å². The van der Waals surface area contributed by atoms with Crippen LogP contribution in [0.2, 0.25) is 0 Å². The molecular formula is C25H37BN2O4. The van der Waals surface area contributed by atoms with E-state index in [-0.39, 0.29) is 5.97 Å². The first-order valence-corrected chi connectivity index (χ1v) is 11.2. The van der Waals surface area contributed by atoms with E-state index in [1.165, 1.54) is 11.6 Å². The molecule has 1 fully saturated rings. The second-order valence-electron chi connectivity index (χ2n) is 9.40. The fraction of sp³-hybridized carbons (Fsp3) is 0.520. The van der Waals surface area contributed by atoms with Crippen molar-refractivity contribution in [3.63, 3.8) is 0 Å². The van der Waals surface area contributed by atoms with E-state index in [1.807, 2.05) is 34.6 Å². The summed E-state index contributed by atoms with van der Waals surface area (Å²) in [6.07, 6.45) is 7.84. The number of allylic oxidation sites excluding steroid dienone is 2. The predicted molar refractivity (Wildman–Crippen MR) is 130 cm³/mol. The zero-order valence-corrected chi connectivity index (χ0v) is 20.3. The minimum Gasteiger partial charge on any atom is -0.501 e. The molecule has 32 heavy (non-hydrogen) atoms. The highest BCUT2D eigenvalue weighted by molar-refractivity contribution is 6.27. The van der Waals surface area contributed by atoms with Gasteiger partial charge in [-0.15, -0.1) is 0 Å². The number of hydrogen-bond acceptors (Lipinski definition) is 6. The summed E-state index contributed by atoms with van der Waals surface area (Å²) in [4.78, 5) is 24.9. The number of rotatable bonds is 8. The van der Waals surface area contributed by atoms with Crippen LogP contribution in [0.15, 0.2) is 58.2 Å². The van der Waals surface area contributed by atoms with Crippen LogP contribution < -0.4 is 11.5 Å². The number of nitrogens with two attached hydrogens (primary N) is 2. The minimum atomic E-state index is -0.652. The highest BCUT2D eigenvalue weighted by Gasteiger charge is 2.42. The topological polar surface area (TPSA) is 105 Å². The van der Waals surface area contributed by atoms with Crippen molar-refractivity contribution >= 4 is 19.6 Å². The second-order valence-corrected chi connectivity index (χ2v) is 9.40. The van der Waals surface area contributed by atoms with Gasteiger partial charge >= 0.3 is 19.6 Å². The van der Waals surface area contributed by atoms with Crippen molar-refractivity contribution in [2.24, 2.45) is 17.4 Å². The van der Waals surface area contributed by atoms with Gasteiger partial charge in [0, 0.05) is 11.6 Å². The Balaban J connectivity index is 2.00. The summed E-state index contributed by atoms with van der Waals surface area (Å²) < 4.78 is 10.4. The molecule has 7 heteroatoms. The molecular weight excluding hydrogens is 403 g/mol. The van der Waals surface area contributed by atoms with Gasteiger partial charge < -0.3 is 20.8 Å². The van der Waals surface area contributed by atoms with Gasteiger partial charge in [0.2, 0.25) is 0 Å². The van der Waals surface area contributed by atoms with Gasteiger partial charge in [-0.3, -0.25) is 4.79 Å². The predicted octanol–water partition coefficient (Wildman–Crippen LogP) is 3.69. The van der Waals surface area contributed by atoms with Gasteiger partial charge in [-0.05, 0) is 65.9 Å². The van der Waals surface area contributed by atoms with E-state index < -0.39 is 30.7 Å². The Kier molecular flexibility index (Phi) is 8.13. The lowest BCUT2D eigenvalue weighted by Crippen LogP contribution is -2.38. The van der Waals surface area contributed by atoms with Crippen LogP contribution in [0.3, 0.4) is 0 Å². The maximum absolute atomic E-state index is 12.9. The monoisotopic (exact) mass is 440 g/mol. The largest absolute Gasteiger partial charge is 0.580 e. The number of carbonyl (C=O) groups excluding carboxylic acids is 2. The van der Waals surface area contributed by atoms with Crippen molar-refractivity contribution in [1.82, 2.24) is 0 Å². The van der Waals surface area contributed by atoms with Gasteiger partial charge in [0.05, 0.1) is 11.5 Å². The zero-order valence-electron chi connectivity index (χ0n) is 20.3. The Labute approximate surface area is 192 Å². The van der Waals surface area contributed by atoms with E-state index in [9.17, 15) is 9.59 Å². The summed E-state index contributed by atoms with van der Waals surface area (Å²) in [5, 5.41) is 0. The minimum absolute atomic E-state index is 0.386. The molecule has 0 spiro atoms. The molecule has 0 aromatic carbocycles. The summed E-state index contributed by atoms with van der Waals surface area (Å²) in [6, 6.07) is 0. The van der Waals surface area contributed by atoms with Crippen molar-refractivity contribution in [3.05, 3.63) is 58.2 Å². The van der Waals surface area contributed by atoms with Crippen molar-refractivity contribution in [2.75, 3.05) is 0 Å². The second kappa shape index (κ2) is 10.0. The highest BCUT2D eigenvalue weighted by Crippen LogP contribution is 2.47. The lowest BCUT2D eigenvalue weighted by Gasteiger charge is -2.28. The Hall–Kier alpha value is -2.38. The molecule has 1 saturated carbocycles. The normalized spacial score (nSPS) is 25.5. The van der Waals surface area contributed by atoms with Gasteiger partial charge in [0.15, 0.2) is 0 Å². The maximum Gasteiger partial charge on any atom is 0.580 e. The van der Waals surface area contributed by atoms with E-state index in [0.29, 0.717) is 0 Å². The first-order valence-electron chi connectivity index (χ1n) is 11.2. The standard InChI is InChI=1S/C25H37BN2O4/c1-8-18-14-24(6,27)17(5)19-12-13-20(18)22(19)23(30)32-26-31-21(29)11-9-10-16(4)25(7,28)15(2)3/h9-11,22,26H,2,8,12-14,27-28H2,1,3-7H3/b11-9+,16-10+. The zero-order chi connectivity index (χ0) is 24.3. The smallest absolute Gasteiger partial charge is 0.501 e. The lowest BCUT2D eigenvalue weighted by molar-refractivity contribution is -0.138. The first-order chi connectivity index (χ1) is 14.8.